The van der Waals surface area contributed by atoms with Gasteiger partial charge in [0.15, 0.2) is 0 Å². The second-order valence-electron chi connectivity index (χ2n) is 4.82. The van der Waals surface area contributed by atoms with Crippen molar-refractivity contribution in [3.05, 3.63) is 18.7 Å². The monoisotopic (exact) mass is 237 g/mol. The zero-order valence-electron chi connectivity index (χ0n) is 10.1. The summed E-state index contributed by atoms with van der Waals surface area (Å²) in [7, 11) is 1.83. The third kappa shape index (κ3) is 3.30. The van der Waals surface area contributed by atoms with Crippen molar-refractivity contribution in [2.24, 2.45) is 5.92 Å². The molecule has 0 atom stereocenters. The van der Waals surface area contributed by atoms with Crippen LogP contribution in [0.25, 0.3) is 0 Å². The molecule has 5 nitrogen and oxygen atoms in total. The Labute approximate surface area is 101 Å². The molecule has 0 saturated heterocycles. The van der Waals surface area contributed by atoms with Crippen molar-refractivity contribution in [2.45, 2.75) is 31.9 Å². The zero-order valence-corrected chi connectivity index (χ0v) is 10.1. The van der Waals surface area contributed by atoms with Gasteiger partial charge < -0.3 is 14.6 Å². The Kier molecular flexibility index (Phi) is 3.78. The first-order valence-electron chi connectivity index (χ1n) is 6.03. The number of hydrogen-bond acceptors (Lipinski definition) is 3. The summed E-state index contributed by atoms with van der Waals surface area (Å²) in [5.41, 5.74) is 0. The average molecular weight is 237 g/mol. The van der Waals surface area contributed by atoms with Gasteiger partial charge in [-0.25, -0.2) is 4.98 Å². The summed E-state index contributed by atoms with van der Waals surface area (Å²) < 4.78 is 1.90. The van der Waals surface area contributed by atoms with Gasteiger partial charge in [0.1, 0.15) is 0 Å². The molecule has 1 fully saturated rings. The summed E-state index contributed by atoms with van der Waals surface area (Å²) >= 11 is 0. The summed E-state index contributed by atoms with van der Waals surface area (Å²) in [6.45, 7) is 1.44. The fraction of sp³-hybridized carbons (Fsp3) is 0.667. The number of rotatable bonds is 5. The molecule has 1 aromatic heterocycles. The van der Waals surface area contributed by atoms with E-state index in [1.807, 2.05) is 17.8 Å². The van der Waals surface area contributed by atoms with Crippen LogP contribution in [0.2, 0.25) is 0 Å². The first-order valence-corrected chi connectivity index (χ1v) is 6.03. The van der Waals surface area contributed by atoms with E-state index in [2.05, 4.69) is 4.98 Å². The molecular formula is C12H19N3O2. The standard InChI is InChI=1S/C12H19N3O2/c1-14(8-10-6-11(16)7-10)12(17)2-4-15-5-3-13-9-15/h3,5,9-11,16H,2,4,6-8H2,1H3. The quantitative estimate of drug-likeness (QED) is 0.811. The van der Waals surface area contributed by atoms with E-state index >= 15 is 0 Å². The van der Waals surface area contributed by atoms with Gasteiger partial charge in [-0.05, 0) is 18.8 Å². The average Bonchev–Trinajstić information content (AvgIpc) is 2.76. The number of aromatic nitrogens is 2. The minimum Gasteiger partial charge on any atom is -0.393 e. The highest BCUT2D eigenvalue weighted by Crippen LogP contribution is 2.27. The largest absolute Gasteiger partial charge is 0.393 e. The molecule has 17 heavy (non-hydrogen) atoms. The summed E-state index contributed by atoms with van der Waals surface area (Å²) in [6, 6.07) is 0. The molecule has 1 aliphatic carbocycles. The molecule has 0 unspecified atom stereocenters. The molecule has 1 saturated carbocycles. The Morgan fingerprint density at radius 2 is 2.35 bits per heavy atom. The van der Waals surface area contributed by atoms with E-state index in [4.69, 9.17) is 0 Å². The van der Waals surface area contributed by atoms with E-state index in [-0.39, 0.29) is 12.0 Å². The van der Waals surface area contributed by atoms with Crippen LogP contribution < -0.4 is 0 Å². The third-order valence-electron chi connectivity index (χ3n) is 3.31. The number of amides is 1. The molecule has 0 bridgehead atoms. The highest BCUT2D eigenvalue weighted by molar-refractivity contribution is 5.75. The molecule has 94 valence electrons. The van der Waals surface area contributed by atoms with Crippen LogP contribution in [-0.4, -0.2) is 45.2 Å². The summed E-state index contributed by atoms with van der Waals surface area (Å²) in [4.78, 5) is 17.5. The molecule has 0 aromatic carbocycles. The van der Waals surface area contributed by atoms with Crippen LogP contribution in [0.5, 0.6) is 0 Å². The number of aliphatic hydroxyl groups is 1. The van der Waals surface area contributed by atoms with Gasteiger partial charge in [0, 0.05) is 39.0 Å². The number of carbonyl (C=O) groups is 1. The maximum absolute atomic E-state index is 11.8. The van der Waals surface area contributed by atoms with Crippen LogP contribution in [-0.2, 0) is 11.3 Å². The van der Waals surface area contributed by atoms with Gasteiger partial charge in [-0.3, -0.25) is 4.79 Å². The van der Waals surface area contributed by atoms with Crippen LogP contribution in [0, 0.1) is 5.92 Å². The molecule has 1 amide bonds. The maximum Gasteiger partial charge on any atom is 0.224 e. The van der Waals surface area contributed by atoms with E-state index in [0.29, 0.717) is 18.9 Å². The summed E-state index contributed by atoms with van der Waals surface area (Å²) in [5, 5.41) is 9.18. The molecule has 1 N–H and O–H groups in total. The Morgan fingerprint density at radius 3 is 2.94 bits per heavy atom. The SMILES string of the molecule is CN(CC1CC(O)C1)C(=O)CCn1ccnc1. The summed E-state index contributed by atoms with van der Waals surface area (Å²) in [5.74, 6) is 0.632. The van der Waals surface area contributed by atoms with Gasteiger partial charge in [-0.2, -0.15) is 0 Å². The zero-order chi connectivity index (χ0) is 12.3. The lowest BCUT2D eigenvalue weighted by Gasteiger charge is -2.34. The van der Waals surface area contributed by atoms with Crippen LogP contribution in [0.1, 0.15) is 19.3 Å². The molecule has 1 aromatic rings. The molecule has 2 rings (SSSR count). The van der Waals surface area contributed by atoms with E-state index in [9.17, 15) is 9.90 Å². The Hall–Kier alpha value is -1.36. The van der Waals surface area contributed by atoms with Crippen LogP contribution in [0.15, 0.2) is 18.7 Å². The Bertz CT molecular complexity index is 358. The van der Waals surface area contributed by atoms with Gasteiger partial charge in [0.25, 0.3) is 0 Å². The summed E-state index contributed by atoms with van der Waals surface area (Å²) in [6.07, 6.45) is 7.31. The van der Waals surface area contributed by atoms with Crippen molar-refractivity contribution < 1.29 is 9.90 Å². The van der Waals surface area contributed by atoms with E-state index < -0.39 is 0 Å². The molecular weight excluding hydrogens is 218 g/mol. The predicted molar refractivity (Wildman–Crippen MR) is 63.2 cm³/mol. The number of nitrogens with zero attached hydrogens (tertiary/aromatic N) is 3. The lowest BCUT2D eigenvalue weighted by atomic mass is 9.82. The van der Waals surface area contributed by atoms with Gasteiger partial charge in [0.2, 0.25) is 5.91 Å². The van der Waals surface area contributed by atoms with Crippen molar-refractivity contribution in [3.8, 4) is 0 Å². The predicted octanol–water partition coefficient (Wildman–Crippen LogP) is 0.502. The van der Waals surface area contributed by atoms with Crippen LogP contribution in [0.4, 0.5) is 0 Å². The van der Waals surface area contributed by atoms with Gasteiger partial charge in [-0.1, -0.05) is 0 Å². The second-order valence-corrected chi connectivity index (χ2v) is 4.82. The highest BCUT2D eigenvalue weighted by Gasteiger charge is 2.28. The number of aliphatic hydroxyl groups excluding tert-OH is 1. The third-order valence-corrected chi connectivity index (χ3v) is 3.31. The van der Waals surface area contributed by atoms with Gasteiger partial charge in [0.05, 0.1) is 12.4 Å². The molecule has 1 aliphatic rings. The van der Waals surface area contributed by atoms with Gasteiger partial charge >= 0.3 is 0 Å². The minimum absolute atomic E-state index is 0.144. The van der Waals surface area contributed by atoms with Crippen molar-refractivity contribution >= 4 is 5.91 Å². The Balaban J connectivity index is 1.68. The van der Waals surface area contributed by atoms with Crippen molar-refractivity contribution in [2.75, 3.05) is 13.6 Å². The van der Waals surface area contributed by atoms with E-state index in [1.165, 1.54) is 0 Å². The maximum atomic E-state index is 11.8. The molecule has 1 heterocycles. The first kappa shape index (κ1) is 12.1. The molecule has 0 spiro atoms. The molecule has 5 heteroatoms. The number of carbonyl (C=O) groups excluding carboxylic acids is 1. The fourth-order valence-electron chi connectivity index (χ4n) is 2.17. The van der Waals surface area contributed by atoms with Gasteiger partial charge in [-0.15, -0.1) is 0 Å². The molecule has 0 aliphatic heterocycles. The number of imidazole rings is 1. The van der Waals surface area contributed by atoms with Crippen LogP contribution in [0.3, 0.4) is 0 Å². The smallest absolute Gasteiger partial charge is 0.224 e. The van der Waals surface area contributed by atoms with Crippen molar-refractivity contribution in [1.29, 1.82) is 0 Å². The lowest BCUT2D eigenvalue weighted by Crippen LogP contribution is -2.39. The highest BCUT2D eigenvalue weighted by atomic mass is 16.3. The first-order chi connectivity index (χ1) is 8.15. The lowest BCUT2D eigenvalue weighted by molar-refractivity contribution is -0.131. The number of aryl methyl sites for hydroxylation is 1. The van der Waals surface area contributed by atoms with Crippen LogP contribution >= 0.6 is 0 Å². The molecule has 0 radical (unpaired) electrons. The normalized spacial score (nSPS) is 23.2. The second kappa shape index (κ2) is 5.31. The van der Waals surface area contributed by atoms with Crippen molar-refractivity contribution in [3.63, 3.8) is 0 Å². The van der Waals surface area contributed by atoms with E-state index in [0.717, 1.165) is 19.4 Å². The van der Waals surface area contributed by atoms with Crippen molar-refractivity contribution in [1.82, 2.24) is 14.5 Å². The number of hydrogen-bond donors (Lipinski definition) is 1. The van der Waals surface area contributed by atoms with E-state index in [1.54, 1.807) is 17.4 Å². The topological polar surface area (TPSA) is 58.4 Å². The Morgan fingerprint density at radius 1 is 1.59 bits per heavy atom. The minimum atomic E-state index is -0.144. The fourth-order valence-corrected chi connectivity index (χ4v) is 2.17.